The summed E-state index contributed by atoms with van der Waals surface area (Å²) in [6.45, 7) is 0. The van der Waals surface area contributed by atoms with Crippen molar-refractivity contribution in [3.05, 3.63) is 46.4 Å². The van der Waals surface area contributed by atoms with E-state index >= 15 is 0 Å². The molecule has 2 N–H and O–H groups in total. The van der Waals surface area contributed by atoms with Crippen molar-refractivity contribution in [2.45, 2.75) is 11.3 Å². The Morgan fingerprint density at radius 2 is 1.89 bits per heavy atom. The molecule has 0 fully saturated rings. The second-order valence-electron chi connectivity index (χ2n) is 5.64. The van der Waals surface area contributed by atoms with Crippen molar-refractivity contribution >= 4 is 65.6 Å². The van der Waals surface area contributed by atoms with Gasteiger partial charge in [-0.1, -0.05) is 34.5 Å². The van der Waals surface area contributed by atoms with Crippen LogP contribution in [0.3, 0.4) is 0 Å². The van der Waals surface area contributed by atoms with E-state index in [2.05, 4.69) is 15.8 Å². The van der Waals surface area contributed by atoms with Crippen LogP contribution >= 0.6 is 34.5 Å². The Balaban J connectivity index is 1.61. The Kier molecular flexibility index (Phi) is 6.29. The minimum atomic E-state index is -3.58. The van der Waals surface area contributed by atoms with Crippen LogP contribution in [-0.2, 0) is 14.6 Å². The highest BCUT2D eigenvalue weighted by Crippen LogP contribution is 2.37. The summed E-state index contributed by atoms with van der Waals surface area (Å²) in [5.41, 5.74) is 5.69. The van der Waals surface area contributed by atoms with Crippen molar-refractivity contribution in [3.63, 3.8) is 0 Å². The first kappa shape index (κ1) is 20.7. The summed E-state index contributed by atoms with van der Waals surface area (Å²) in [6, 6.07) is 9.20. The van der Waals surface area contributed by atoms with Crippen molar-refractivity contribution in [3.8, 4) is 5.75 Å². The molecule has 2 aromatic carbocycles. The Morgan fingerprint density at radius 3 is 2.57 bits per heavy atom. The summed E-state index contributed by atoms with van der Waals surface area (Å²) < 4.78 is 30.5. The summed E-state index contributed by atoms with van der Waals surface area (Å²) in [6.07, 6.45) is -0.215. The number of ether oxygens (including phenoxy) is 1. The number of amides is 1. The molecule has 148 valence electrons. The van der Waals surface area contributed by atoms with E-state index in [0.29, 0.717) is 31.1 Å². The molecule has 3 aromatic rings. The zero-order chi connectivity index (χ0) is 20.3. The predicted octanol–water partition coefficient (Wildman–Crippen LogP) is 3.92. The summed E-state index contributed by atoms with van der Waals surface area (Å²) in [5, 5.41) is 1.35. The number of hydrogen-bond acceptors (Lipinski definition) is 7. The third-order valence-corrected chi connectivity index (χ3v) is 7.17. The highest BCUT2D eigenvalue weighted by atomic mass is 35.5. The first-order valence-electron chi connectivity index (χ1n) is 7.96. The van der Waals surface area contributed by atoms with E-state index in [1.807, 2.05) is 0 Å². The third kappa shape index (κ3) is 4.67. The molecule has 0 unspecified atom stereocenters. The lowest BCUT2D eigenvalue weighted by molar-refractivity contribution is -0.120. The van der Waals surface area contributed by atoms with Crippen LogP contribution in [0.2, 0.25) is 10.0 Å². The minimum absolute atomic E-state index is 0.116. The molecular weight excluding hydrogens is 445 g/mol. The van der Waals surface area contributed by atoms with Gasteiger partial charge in [-0.15, -0.1) is 0 Å². The average molecular weight is 460 g/mol. The molecule has 28 heavy (non-hydrogen) atoms. The fraction of sp³-hybridized carbons (Fsp3) is 0.176. The Morgan fingerprint density at radius 1 is 1.18 bits per heavy atom. The van der Waals surface area contributed by atoms with Crippen LogP contribution in [0, 0.1) is 0 Å². The highest BCUT2D eigenvalue weighted by molar-refractivity contribution is 7.91. The number of rotatable bonds is 7. The summed E-state index contributed by atoms with van der Waals surface area (Å²) in [4.78, 5) is 16.5. The number of hydrogen-bond donors (Lipinski definition) is 2. The number of carbonyl (C=O) groups is 1. The molecule has 0 bridgehead atoms. The maximum absolute atomic E-state index is 12.3. The fourth-order valence-electron chi connectivity index (χ4n) is 2.34. The highest BCUT2D eigenvalue weighted by Gasteiger charge is 2.17. The number of hydrazine groups is 1. The van der Waals surface area contributed by atoms with E-state index in [0.717, 1.165) is 0 Å². The molecular formula is C17H15Cl2N3O4S2. The van der Waals surface area contributed by atoms with E-state index in [1.54, 1.807) is 12.1 Å². The van der Waals surface area contributed by atoms with Crippen LogP contribution in [0.5, 0.6) is 5.75 Å². The molecule has 0 aliphatic heterocycles. The van der Waals surface area contributed by atoms with Gasteiger partial charge < -0.3 is 4.74 Å². The fourth-order valence-corrected chi connectivity index (χ4v) is 4.82. The summed E-state index contributed by atoms with van der Waals surface area (Å²) >= 11 is 13.2. The van der Waals surface area contributed by atoms with Gasteiger partial charge in [-0.3, -0.25) is 15.6 Å². The second-order valence-corrected chi connectivity index (χ2v) is 9.59. The van der Waals surface area contributed by atoms with Gasteiger partial charge >= 0.3 is 0 Å². The van der Waals surface area contributed by atoms with Crippen molar-refractivity contribution < 1.29 is 17.9 Å². The van der Waals surface area contributed by atoms with Gasteiger partial charge in [0.25, 0.3) is 0 Å². The molecule has 0 saturated heterocycles. The third-order valence-electron chi connectivity index (χ3n) is 3.76. The number of thiazole rings is 1. The quantitative estimate of drug-likeness (QED) is 0.519. The minimum Gasteiger partial charge on any atom is -0.494 e. The van der Waals surface area contributed by atoms with E-state index in [1.165, 1.54) is 42.7 Å². The molecule has 1 amide bonds. The second kappa shape index (κ2) is 8.52. The Hall–Kier alpha value is -2.07. The topological polar surface area (TPSA) is 97.4 Å². The number of methoxy groups -OCH3 is 1. The lowest BCUT2D eigenvalue weighted by Crippen LogP contribution is -2.30. The maximum atomic E-state index is 12.3. The first-order valence-corrected chi connectivity index (χ1v) is 11.2. The first-order chi connectivity index (χ1) is 13.3. The van der Waals surface area contributed by atoms with E-state index in [-0.39, 0.29) is 17.1 Å². The van der Waals surface area contributed by atoms with Crippen LogP contribution in [0.25, 0.3) is 10.2 Å². The van der Waals surface area contributed by atoms with Gasteiger partial charge in [0.1, 0.15) is 11.3 Å². The van der Waals surface area contributed by atoms with Crippen molar-refractivity contribution in [2.24, 2.45) is 0 Å². The standard InChI is InChI=1S/C17H15Cl2N3O4S2/c1-26-13-7-6-12(19)16-15(13)20-17(27-16)22-21-14(23)8-9-28(24,25)11-4-2-10(18)3-5-11/h2-7H,8-9H2,1H3,(H,20,22)(H,21,23). The largest absolute Gasteiger partial charge is 0.494 e. The molecule has 3 rings (SSSR count). The Bertz CT molecular complexity index is 1120. The van der Waals surface area contributed by atoms with Gasteiger partial charge in [0, 0.05) is 11.4 Å². The number of benzene rings is 2. The molecule has 0 atom stereocenters. The van der Waals surface area contributed by atoms with E-state index in [9.17, 15) is 13.2 Å². The predicted molar refractivity (Wildman–Crippen MR) is 111 cm³/mol. The van der Waals surface area contributed by atoms with Crippen molar-refractivity contribution in [1.82, 2.24) is 10.4 Å². The molecule has 1 heterocycles. The zero-order valence-corrected chi connectivity index (χ0v) is 17.7. The number of halogens is 2. The average Bonchev–Trinajstić information content (AvgIpc) is 3.11. The normalized spacial score (nSPS) is 11.4. The number of carbonyl (C=O) groups excluding carboxylic acids is 1. The van der Waals surface area contributed by atoms with E-state index in [4.69, 9.17) is 27.9 Å². The van der Waals surface area contributed by atoms with Crippen LogP contribution in [0.1, 0.15) is 6.42 Å². The van der Waals surface area contributed by atoms with Crippen LogP contribution in [0.15, 0.2) is 41.3 Å². The van der Waals surface area contributed by atoms with E-state index < -0.39 is 15.7 Å². The van der Waals surface area contributed by atoms with Gasteiger partial charge in [0.15, 0.2) is 9.84 Å². The number of anilines is 1. The van der Waals surface area contributed by atoms with Gasteiger partial charge in [0.05, 0.1) is 27.5 Å². The molecule has 0 aliphatic carbocycles. The van der Waals surface area contributed by atoms with Crippen LogP contribution < -0.4 is 15.6 Å². The number of nitrogens with one attached hydrogen (secondary N) is 2. The Labute approximate surface area is 175 Å². The maximum Gasteiger partial charge on any atom is 0.239 e. The summed E-state index contributed by atoms with van der Waals surface area (Å²) in [7, 11) is -2.06. The molecule has 0 spiro atoms. The van der Waals surface area contributed by atoms with Gasteiger partial charge in [0.2, 0.25) is 11.0 Å². The number of aromatic nitrogens is 1. The zero-order valence-electron chi connectivity index (χ0n) is 14.5. The van der Waals surface area contributed by atoms with Crippen molar-refractivity contribution in [1.29, 1.82) is 0 Å². The van der Waals surface area contributed by atoms with Crippen molar-refractivity contribution in [2.75, 3.05) is 18.3 Å². The SMILES string of the molecule is COc1ccc(Cl)c2sc(NNC(=O)CCS(=O)(=O)c3ccc(Cl)cc3)nc12. The smallest absolute Gasteiger partial charge is 0.239 e. The number of nitrogens with zero attached hydrogens (tertiary/aromatic N) is 1. The lowest BCUT2D eigenvalue weighted by atomic mass is 10.3. The lowest BCUT2D eigenvalue weighted by Gasteiger charge is -2.06. The van der Waals surface area contributed by atoms with Gasteiger partial charge in [-0.2, -0.15) is 0 Å². The molecule has 0 radical (unpaired) electrons. The molecule has 1 aromatic heterocycles. The van der Waals surface area contributed by atoms with Crippen LogP contribution in [-0.4, -0.2) is 32.2 Å². The summed E-state index contributed by atoms with van der Waals surface area (Å²) in [5.74, 6) is -0.263. The number of fused-ring (bicyclic) bond motifs is 1. The number of sulfone groups is 1. The van der Waals surface area contributed by atoms with Gasteiger partial charge in [-0.05, 0) is 36.4 Å². The van der Waals surface area contributed by atoms with Gasteiger partial charge in [-0.25, -0.2) is 13.4 Å². The monoisotopic (exact) mass is 459 g/mol. The molecule has 0 aliphatic rings. The molecule has 0 saturated carbocycles. The molecule has 7 nitrogen and oxygen atoms in total. The van der Waals surface area contributed by atoms with Crippen LogP contribution in [0.4, 0.5) is 5.13 Å². The molecule has 11 heteroatoms.